The Balaban J connectivity index is 4.32. The van der Waals surface area contributed by atoms with Crippen molar-refractivity contribution in [3.63, 3.8) is 0 Å². The highest BCUT2D eigenvalue weighted by Gasteiger charge is 2.09. The number of nitrogens with zero attached hydrogens (tertiary/aromatic N) is 2. The molecule has 0 fully saturated rings. The number of hydrogen-bond acceptors (Lipinski definition) is 5. The van der Waals surface area contributed by atoms with Gasteiger partial charge in [-0.15, -0.1) is 0 Å². The predicted molar refractivity (Wildman–Crippen MR) is 106 cm³/mol. The molecule has 0 aromatic heterocycles. The van der Waals surface area contributed by atoms with Crippen LogP contribution in [0.5, 0.6) is 0 Å². The zero-order chi connectivity index (χ0) is 20.3. The fourth-order valence-electron chi connectivity index (χ4n) is 2.56. The van der Waals surface area contributed by atoms with Gasteiger partial charge in [-0.1, -0.05) is 51.2 Å². The Morgan fingerprint density at radius 2 is 1.48 bits per heavy atom. The van der Waals surface area contributed by atoms with E-state index in [0.717, 1.165) is 19.1 Å². The number of rotatable bonds is 17. The molecule has 0 aromatic carbocycles. The monoisotopic (exact) mass is 380 g/mol. The number of nitro groups is 2. The summed E-state index contributed by atoms with van der Waals surface area (Å²) in [6.45, 7) is 2.17. The third-order valence-corrected chi connectivity index (χ3v) is 4.14. The molecule has 0 aliphatic carbocycles. The molecule has 0 saturated heterocycles. The van der Waals surface area contributed by atoms with E-state index in [9.17, 15) is 25.0 Å². The van der Waals surface area contributed by atoms with Gasteiger partial charge in [-0.25, -0.2) is 0 Å². The molecule has 0 bridgehead atoms. The second kappa shape index (κ2) is 17.1. The maximum absolute atomic E-state index is 11.1. The van der Waals surface area contributed by atoms with E-state index in [2.05, 4.69) is 6.92 Å². The Morgan fingerprint density at radius 1 is 0.815 bits per heavy atom. The maximum Gasteiger partial charge on any atom is 0.246 e. The SMILES string of the molecule is CCCCCCCC/C=C(/C/C=C/C/C=C(/CCCC=O)[N+](=O)[O-])[N+](=O)[O-]. The lowest BCUT2D eigenvalue weighted by Gasteiger charge is -1.99. The molecule has 27 heavy (non-hydrogen) atoms. The first-order chi connectivity index (χ1) is 13.0. The van der Waals surface area contributed by atoms with Crippen LogP contribution in [0.2, 0.25) is 0 Å². The van der Waals surface area contributed by atoms with Gasteiger partial charge in [0.05, 0.1) is 16.3 Å². The molecule has 152 valence electrons. The molecule has 0 unspecified atom stereocenters. The second-order valence-electron chi connectivity index (χ2n) is 6.43. The highest BCUT2D eigenvalue weighted by Crippen LogP contribution is 2.12. The third kappa shape index (κ3) is 14.5. The van der Waals surface area contributed by atoms with Gasteiger partial charge in [0.25, 0.3) is 0 Å². The van der Waals surface area contributed by atoms with Crippen LogP contribution in [0.1, 0.15) is 84.0 Å². The Morgan fingerprint density at radius 3 is 2.11 bits per heavy atom. The first-order valence-electron chi connectivity index (χ1n) is 9.78. The highest BCUT2D eigenvalue weighted by molar-refractivity contribution is 5.49. The lowest BCUT2D eigenvalue weighted by atomic mass is 10.1. The number of aldehydes is 1. The smallest absolute Gasteiger partial charge is 0.246 e. The van der Waals surface area contributed by atoms with Gasteiger partial charge in [-0.2, -0.15) is 0 Å². The van der Waals surface area contributed by atoms with Crippen LogP contribution in [0.15, 0.2) is 35.7 Å². The van der Waals surface area contributed by atoms with Gasteiger partial charge in [-0.05, 0) is 37.8 Å². The molecular formula is C20H32N2O5. The van der Waals surface area contributed by atoms with Gasteiger partial charge in [0.1, 0.15) is 6.29 Å². The normalized spacial score (nSPS) is 12.5. The fourth-order valence-corrected chi connectivity index (χ4v) is 2.56. The van der Waals surface area contributed by atoms with Crippen molar-refractivity contribution in [2.24, 2.45) is 0 Å². The average molecular weight is 380 g/mol. The van der Waals surface area contributed by atoms with Gasteiger partial charge < -0.3 is 4.79 Å². The molecule has 0 heterocycles. The largest absolute Gasteiger partial charge is 0.303 e. The summed E-state index contributed by atoms with van der Waals surface area (Å²) in [4.78, 5) is 31.5. The Labute approximate surface area is 161 Å². The minimum Gasteiger partial charge on any atom is -0.303 e. The first kappa shape index (κ1) is 24.7. The number of carbonyl (C=O) groups excluding carboxylic acids is 1. The lowest BCUT2D eigenvalue weighted by molar-refractivity contribution is -0.428. The summed E-state index contributed by atoms with van der Waals surface area (Å²) in [6.07, 6.45) is 16.5. The van der Waals surface area contributed by atoms with Crippen molar-refractivity contribution in [2.45, 2.75) is 84.0 Å². The van der Waals surface area contributed by atoms with Crippen LogP contribution in [0.25, 0.3) is 0 Å². The number of allylic oxidation sites excluding steroid dienone is 5. The van der Waals surface area contributed by atoms with Crippen LogP contribution < -0.4 is 0 Å². The summed E-state index contributed by atoms with van der Waals surface area (Å²) in [5.74, 6) is 0. The van der Waals surface area contributed by atoms with Gasteiger partial charge >= 0.3 is 0 Å². The minimum absolute atomic E-state index is 0.0783. The van der Waals surface area contributed by atoms with Crippen LogP contribution in [0, 0.1) is 20.2 Å². The molecule has 0 aliphatic heterocycles. The summed E-state index contributed by atoms with van der Waals surface area (Å²) in [7, 11) is 0. The zero-order valence-electron chi connectivity index (χ0n) is 16.3. The molecule has 0 rings (SSSR count). The van der Waals surface area contributed by atoms with Crippen molar-refractivity contribution in [1.29, 1.82) is 0 Å². The molecule has 7 nitrogen and oxygen atoms in total. The quantitative estimate of drug-likeness (QED) is 0.105. The van der Waals surface area contributed by atoms with Crippen LogP contribution in [-0.2, 0) is 4.79 Å². The van der Waals surface area contributed by atoms with Gasteiger partial charge in [0.15, 0.2) is 0 Å². The van der Waals surface area contributed by atoms with Crippen LogP contribution in [-0.4, -0.2) is 16.1 Å². The van der Waals surface area contributed by atoms with E-state index in [1.54, 1.807) is 18.2 Å². The van der Waals surface area contributed by atoms with E-state index in [0.29, 0.717) is 25.7 Å². The Hall–Kier alpha value is -2.31. The number of unbranched alkanes of at least 4 members (excludes halogenated alkanes) is 7. The number of hydrogen-bond donors (Lipinski definition) is 0. The summed E-state index contributed by atoms with van der Waals surface area (Å²) in [5, 5.41) is 22.0. The molecule has 0 aliphatic rings. The molecule has 0 aromatic rings. The van der Waals surface area contributed by atoms with Gasteiger partial charge in [0.2, 0.25) is 11.4 Å². The minimum atomic E-state index is -0.443. The molecule has 0 N–H and O–H groups in total. The average Bonchev–Trinajstić information content (AvgIpc) is 2.63. The first-order valence-corrected chi connectivity index (χ1v) is 9.78. The topological polar surface area (TPSA) is 103 Å². The van der Waals surface area contributed by atoms with E-state index >= 15 is 0 Å². The molecule has 0 spiro atoms. The molecule has 0 saturated carbocycles. The Bertz CT molecular complexity index is 538. The molecular weight excluding hydrogens is 348 g/mol. The van der Waals surface area contributed by atoms with E-state index in [4.69, 9.17) is 0 Å². The van der Waals surface area contributed by atoms with Crippen molar-refractivity contribution in [3.05, 3.63) is 55.9 Å². The zero-order valence-corrected chi connectivity index (χ0v) is 16.3. The van der Waals surface area contributed by atoms with Crippen molar-refractivity contribution in [2.75, 3.05) is 0 Å². The summed E-state index contributed by atoms with van der Waals surface area (Å²) >= 11 is 0. The second-order valence-corrected chi connectivity index (χ2v) is 6.43. The molecule has 0 atom stereocenters. The lowest BCUT2D eigenvalue weighted by Crippen LogP contribution is -1.99. The summed E-state index contributed by atoms with van der Waals surface area (Å²) in [6, 6.07) is 0. The van der Waals surface area contributed by atoms with Gasteiger partial charge in [0, 0.05) is 12.8 Å². The van der Waals surface area contributed by atoms with Gasteiger partial charge in [-0.3, -0.25) is 20.2 Å². The van der Waals surface area contributed by atoms with Crippen molar-refractivity contribution in [1.82, 2.24) is 0 Å². The van der Waals surface area contributed by atoms with Crippen molar-refractivity contribution in [3.8, 4) is 0 Å². The maximum atomic E-state index is 11.1. The van der Waals surface area contributed by atoms with E-state index in [1.165, 1.54) is 31.8 Å². The summed E-state index contributed by atoms with van der Waals surface area (Å²) < 4.78 is 0. The highest BCUT2D eigenvalue weighted by atomic mass is 16.6. The van der Waals surface area contributed by atoms with Crippen LogP contribution in [0.4, 0.5) is 0 Å². The van der Waals surface area contributed by atoms with E-state index in [1.807, 2.05) is 0 Å². The fraction of sp³-hybridized carbons (Fsp3) is 0.650. The standard InChI is InChI=1S/C20H32N2O5/c1-2-3-4-5-6-7-9-14-19(21(24)25)15-10-8-11-16-20(22(26)27)17-12-13-18-23/h8,10,14,16,18H,2-7,9,11-13,15,17H2,1H3/b10-8+,19-14-,20-16-. The number of carbonyl (C=O) groups is 1. The van der Waals surface area contributed by atoms with Crippen molar-refractivity contribution >= 4 is 6.29 Å². The Kier molecular flexibility index (Phi) is 15.7. The van der Waals surface area contributed by atoms with Crippen LogP contribution in [0.3, 0.4) is 0 Å². The van der Waals surface area contributed by atoms with E-state index < -0.39 is 4.92 Å². The predicted octanol–water partition coefficient (Wildman–Crippen LogP) is 5.76. The summed E-state index contributed by atoms with van der Waals surface area (Å²) in [5.41, 5.74) is 0.249. The molecule has 0 amide bonds. The van der Waals surface area contributed by atoms with E-state index in [-0.39, 0.29) is 29.2 Å². The molecule has 7 heteroatoms. The van der Waals surface area contributed by atoms with Crippen LogP contribution >= 0.6 is 0 Å². The van der Waals surface area contributed by atoms with Crippen molar-refractivity contribution < 1.29 is 14.6 Å². The molecule has 0 radical (unpaired) electrons. The third-order valence-electron chi connectivity index (χ3n) is 4.14.